The van der Waals surface area contributed by atoms with Gasteiger partial charge in [0.1, 0.15) is 17.5 Å². The fraction of sp³-hybridized carbons (Fsp3) is 0.579. The molecule has 51 heavy (non-hydrogen) atoms. The van der Waals surface area contributed by atoms with E-state index < -0.39 is 27.6 Å². The predicted octanol–water partition coefficient (Wildman–Crippen LogP) is 5.38. The minimum atomic E-state index is -4.24. The Hall–Kier alpha value is -3.32. The molecule has 6 aliphatic rings. The fourth-order valence-corrected chi connectivity index (χ4v) is 10.2. The molecular formula is C38H46ClN3O8S. The van der Waals surface area contributed by atoms with Gasteiger partial charge in [-0.25, -0.2) is 17.9 Å². The van der Waals surface area contributed by atoms with E-state index in [1.54, 1.807) is 23.1 Å². The molecule has 1 N–H and O–H groups in total. The zero-order valence-corrected chi connectivity index (χ0v) is 30.7. The molecule has 0 aromatic heterocycles. The highest BCUT2D eigenvalue weighted by atomic mass is 35.5. The number of ether oxygens (including phenoxy) is 4. The lowest BCUT2D eigenvalue weighted by atomic mass is 9.68. The molecule has 1 saturated carbocycles. The SMILES string of the molecule is CC1(C)OC/C=C\[C@H](OC(=O)N2CC3CCC(C2)O3)[C@@H]2CC[C@H]2CN2C[C@@]3(CCCc4cc(Cl)ccc43)COc3ccc(cc32)S(=O)(=O)NC1=O. The number of aryl methyl sites for hydroxylation is 1. The van der Waals surface area contributed by atoms with E-state index >= 15 is 0 Å². The Morgan fingerprint density at radius 2 is 1.84 bits per heavy atom. The van der Waals surface area contributed by atoms with Crippen molar-refractivity contribution in [3.63, 3.8) is 0 Å². The molecular weight excluding hydrogens is 694 g/mol. The topological polar surface area (TPSA) is 124 Å². The van der Waals surface area contributed by atoms with Crippen molar-refractivity contribution in [2.75, 3.05) is 44.3 Å². The highest BCUT2D eigenvalue weighted by molar-refractivity contribution is 7.90. The summed E-state index contributed by atoms with van der Waals surface area (Å²) in [4.78, 5) is 31.0. The van der Waals surface area contributed by atoms with Crippen molar-refractivity contribution < 1.29 is 37.0 Å². The molecule has 11 nitrogen and oxygen atoms in total. The number of sulfonamides is 1. The number of morpholine rings is 1. The summed E-state index contributed by atoms with van der Waals surface area (Å²) < 4.78 is 54.3. The minimum Gasteiger partial charge on any atom is -0.490 e. The molecule has 4 aliphatic heterocycles. The van der Waals surface area contributed by atoms with Gasteiger partial charge in [0.15, 0.2) is 0 Å². The van der Waals surface area contributed by atoms with E-state index in [4.69, 9.17) is 30.5 Å². The van der Waals surface area contributed by atoms with E-state index in [-0.39, 0.29) is 47.1 Å². The molecule has 4 bridgehead atoms. The van der Waals surface area contributed by atoms with Gasteiger partial charge >= 0.3 is 6.09 Å². The molecule has 13 heteroatoms. The van der Waals surface area contributed by atoms with Crippen LogP contribution in [0.1, 0.15) is 63.5 Å². The second-order valence-electron chi connectivity index (χ2n) is 15.6. The Bertz CT molecular complexity index is 1840. The lowest BCUT2D eigenvalue weighted by Crippen LogP contribution is -2.51. The van der Waals surface area contributed by atoms with Gasteiger partial charge in [0.05, 0.1) is 49.1 Å². The number of hydrogen-bond donors (Lipinski definition) is 1. The van der Waals surface area contributed by atoms with E-state index in [0.717, 1.165) is 44.9 Å². The summed E-state index contributed by atoms with van der Waals surface area (Å²) in [7, 11) is -4.24. The summed E-state index contributed by atoms with van der Waals surface area (Å²) in [6.07, 6.45) is 9.40. The number of rotatable bonds is 1. The van der Waals surface area contributed by atoms with Crippen molar-refractivity contribution in [1.29, 1.82) is 0 Å². The van der Waals surface area contributed by atoms with Gasteiger partial charge < -0.3 is 28.7 Å². The third-order valence-corrected chi connectivity index (χ3v) is 13.4. The predicted molar refractivity (Wildman–Crippen MR) is 191 cm³/mol. The van der Waals surface area contributed by atoms with Crippen LogP contribution >= 0.6 is 11.6 Å². The molecule has 2 aromatic carbocycles. The Morgan fingerprint density at radius 3 is 2.61 bits per heavy atom. The standard InChI is InChI=1S/C38H46ClN3O8S/c1-37(2)35(43)40-51(45,46)29-11-14-34-32(18-29)42(22-38(23-47-34)15-3-5-24-17-26(39)8-13-31(24)38)19-25-7-12-30(25)33(6-4-16-48-37)50-36(44)41-20-27-9-10-28(21-41)49-27/h4,6,8,11,13-14,17-18,25,27-28,30,33H,3,5,7,9-10,12,15-16,19-23H2,1-2H3,(H,40,43)/b6-4-/t25-,27?,28?,30+,33-,38-/m0/s1. The zero-order valence-electron chi connectivity index (χ0n) is 29.1. The average Bonchev–Trinajstić information content (AvgIpc) is 3.34. The van der Waals surface area contributed by atoms with Crippen molar-refractivity contribution in [2.24, 2.45) is 11.8 Å². The molecule has 0 radical (unpaired) electrons. The summed E-state index contributed by atoms with van der Waals surface area (Å²) in [5.74, 6) is -0.0230. The first-order valence-corrected chi connectivity index (χ1v) is 20.0. The van der Waals surface area contributed by atoms with Gasteiger partial charge in [0.2, 0.25) is 0 Å². The number of nitrogens with one attached hydrogen (secondary N) is 1. The highest BCUT2D eigenvalue weighted by Crippen LogP contribution is 2.47. The van der Waals surface area contributed by atoms with Gasteiger partial charge in [0, 0.05) is 29.4 Å². The quantitative estimate of drug-likeness (QED) is 0.385. The number of likely N-dealkylation sites (tertiary alicyclic amines) is 1. The number of carbonyl (C=O) groups excluding carboxylic acids is 2. The van der Waals surface area contributed by atoms with Crippen LogP contribution in [0, 0.1) is 11.8 Å². The van der Waals surface area contributed by atoms with Crippen molar-refractivity contribution in [3.8, 4) is 5.75 Å². The number of anilines is 1. The fourth-order valence-electron chi connectivity index (χ4n) is 8.84. The van der Waals surface area contributed by atoms with Crippen LogP contribution in [0.2, 0.25) is 5.02 Å². The average molecular weight is 740 g/mol. The number of halogens is 1. The number of carbonyl (C=O) groups is 2. The van der Waals surface area contributed by atoms with Crippen molar-refractivity contribution in [3.05, 3.63) is 64.7 Å². The molecule has 6 atom stereocenters. The minimum absolute atomic E-state index is 0.0279. The molecule has 2 unspecified atom stereocenters. The first-order chi connectivity index (χ1) is 24.4. The summed E-state index contributed by atoms with van der Waals surface area (Å²) in [5, 5.41) is 0.704. The van der Waals surface area contributed by atoms with Crippen molar-refractivity contribution in [1.82, 2.24) is 9.62 Å². The maximum atomic E-state index is 13.7. The van der Waals surface area contributed by atoms with Crippen LogP contribution in [0.4, 0.5) is 10.5 Å². The summed E-state index contributed by atoms with van der Waals surface area (Å²) >= 11 is 6.45. The largest absolute Gasteiger partial charge is 0.490 e. The van der Waals surface area contributed by atoms with Gasteiger partial charge in [0.25, 0.3) is 15.9 Å². The van der Waals surface area contributed by atoms with E-state index in [2.05, 4.69) is 21.8 Å². The third kappa shape index (κ3) is 6.73. The number of amides is 2. The Balaban J connectivity index is 1.16. The van der Waals surface area contributed by atoms with Crippen LogP contribution in [-0.2, 0) is 40.9 Å². The van der Waals surface area contributed by atoms with Gasteiger partial charge in [-0.15, -0.1) is 0 Å². The monoisotopic (exact) mass is 739 g/mol. The van der Waals surface area contributed by atoms with Crippen LogP contribution in [-0.4, -0.2) is 88.6 Å². The Kier molecular flexibility index (Phi) is 9.04. The van der Waals surface area contributed by atoms with Crippen molar-refractivity contribution >= 4 is 39.3 Å². The molecule has 8 rings (SSSR count). The van der Waals surface area contributed by atoms with E-state index in [9.17, 15) is 18.0 Å². The second kappa shape index (κ2) is 13.3. The van der Waals surface area contributed by atoms with Gasteiger partial charge in [-0.1, -0.05) is 23.7 Å². The molecule has 1 spiro atoms. The molecule has 2 amide bonds. The van der Waals surface area contributed by atoms with Crippen LogP contribution in [0.15, 0.2) is 53.4 Å². The zero-order chi connectivity index (χ0) is 35.5. The summed E-state index contributed by atoms with van der Waals surface area (Å²) in [5.41, 5.74) is 1.26. The molecule has 274 valence electrons. The van der Waals surface area contributed by atoms with Crippen LogP contribution in [0.25, 0.3) is 0 Å². The molecule has 2 saturated heterocycles. The number of benzene rings is 2. The molecule has 2 aromatic rings. The van der Waals surface area contributed by atoms with Gasteiger partial charge in [-0.05, 0) is 112 Å². The summed E-state index contributed by atoms with van der Waals surface area (Å²) in [6.45, 7) is 5.78. The maximum absolute atomic E-state index is 13.7. The number of fused-ring (bicyclic) bond motifs is 6. The normalized spacial score (nSPS) is 33.1. The smallest absolute Gasteiger partial charge is 0.410 e. The molecule has 3 fully saturated rings. The lowest BCUT2D eigenvalue weighted by Gasteiger charge is -2.46. The van der Waals surface area contributed by atoms with Crippen LogP contribution in [0.3, 0.4) is 0 Å². The van der Waals surface area contributed by atoms with E-state index in [1.807, 2.05) is 12.1 Å². The first kappa shape index (κ1) is 34.7. The van der Waals surface area contributed by atoms with Crippen LogP contribution in [0.5, 0.6) is 5.75 Å². The van der Waals surface area contributed by atoms with Gasteiger partial charge in [-0.3, -0.25) is 4.79 Å². The Labute approximate surface area is 304 Å². The van der Waals surface area contributed by atoms with Crippen molar-refractivity contribution in [2.45, 2.75) is 93.0 Å². The Morgan fingerprint density at radius 1 is 1.04 bits per heavy atom. The summed E-state index contributed by atoms with van der Waals surface area (Å²) in [6, 6.07) is 10.9. The highest BCUT2D eigenvalue weighted by Gasteiger charge is 2.46. The second-order valence-corrected chi connectivity index (χ2v) is 17.7. The van der Waals surface area contributed by atoms with Crippen LogP contribution < -0.4 is 14.4 Å². The first-order valence-electron chi connectivity index (χ1n) is 18.2. The number of nitrogens with zero attached hydrogens (tertiary/aromatic N) is 2. The maximum Gasteiger partial charge on any atom is 0.410 e. The molecule has 2 aliphatic carbocycles. The van der Waals surface area contributed by atoms with E-state index in [0.29, 0.717) is 49.2 Å². The molecule has 4 heterocycles. The lowest BCUT2D eigenvalue weighted by molar-refractivity contribution is -0.139. The van der Waals surface area contributed by atoms with E-state index in [1.165, 1.54) is 31.0 Å². The number of hydrogen-bond acceptors (Lipinski definition) is 9. The van der Waals surface area contributed by atoms with Gasteiger partial charge in [-0.2, -0.15) is 0 Å². The third-order valence-electron chi connectivity index (χ3n) is 11.9.